The van der Waals surface area contributed by atoms with E-state index in [1.807, 2.05) is 55.5 Å². The number of hydrogen-bond donors (Lipinski definition) is 1. The number of ether oxygens (including phenoxy) is 1. The fraction of sp³-hybridized carbons (Fsp3) is 0.118. The van der Waals surface area contributed by atoms with Gasteiger partial charge in [0.2, 0.25) is 0 Å². The number of pyridine rings is 1. The summed E-state index contributed by atoms with van der Waals surface area (Å²) in [6, 6.07) is 15.2. The Morgan fingerprint density at radius 3 is 2.71 bits per heavy atom. The maximum Gasteiger partial charge on any atom is 0.146 e. The van der Waals surface area contributed by atoms with Gasteiger partial charge in [0.05, 0.1) is 10.5 Å². The zero-order chi connectivity index (χ0) is 14.8. The zero-order valence-electron chi connectivity index (χ0n) is 11.6. The van der Waals surface area contributed by atoms with Crippen LogP contribution in [-0.4, -0.2) is 4.98 Å². The van der Waals surface area contributed by atoms with Gasteiger partial charge in [-0.1, -0.05) is 23.7 Å². The van der Waals surface area contributed by atoms with Gasteiger partial charge in [-0.15, -0.1) is 0 Å². The monoisotopic (exact) mass is 298 g/mol. The molecule has 0 radical (unpaired) electrons. The molecule has 0 bridgehead atoms. The lowest BCUT2D eigenvalue weighted by Gasteiger charge is -2.12. The molecule has 3 aromatic rings. The molecular formula is C17H15ClN2O. The average Bonchev–Trinajstić information content (AvgIpc) is 2.49. The second-order valence-corrected chi connectivity index (χ2v) is 5.31. The first-order chi connectivity index (χ1) is 10.1. The molecule has 2 N–H and O–H groups in total. The zero-order valence-corrected chi connectivity index (χ0v) is 12.3. The maximum absolute atomic E-state index is 6.28. The van der Waals surface area contributed by atoms with Crippen molar-refractivity contribution in [2.75, 3.05) is 0 Å². The Labute approximate surface area is 128 Å². The third-order valence-electron chi connectivity index (χ3n) is 3.31. The number of benzene rings is 2. The second-order valence-electron chi connectivity index (χ2n) is 4.91. The van der Waals surface area contributed by atoms with E-state index in [9.17, 15) is 0 Å². The lowest BCUT2D eigenvalue weighted by molar-refractivity contribution is 0.488. The minimum Gasteiger partial charge on any atom is -0.455 e. The highest BCUT2D eigenvalue weighted by Gasteiger charge is 2.09. The minimum absolute atomic E-state index is 0.0571. The van der Waals surface area contributed by atoms with Gasteiger partial charge in [0.1, 0.15) is 11.5 Å². The number of aromatic nitrogens is 1. The summed E-state index contributed by atoms with van der Waals surface area (Å²) in [5, 5.41) is 1.50. The van der Waals surface area contributed by atoms with Crippen LogP contribution in [0.1, 0.15) is 18.5 Å². The molecule has 0 aliphatic rings. The molecule has 0 amide bonds. The van der Waals surface area contributed by atoms with Crippen LogP contribution in [0.3, 0.4) is 0 Å². The number of fused-ring (bicyclic) bond motifs is 1. The molecule has 0 fully saturated rings. The van der Waals surface area contributed by atoms with E-state index in [2.05, 4.69) is 4.98 Å². The van der Waals surface area contributed by atoms with E-state index in [1.165, 1.54) is 0 Å². The lowest BCUT2D eigenvalue weighted by atomic mass is 10.1. The number of rotatable bonds is 3. The molecule has 4 heteroatoms. The molecule has 0 aliphatic heterocycles. The molecular weight excluding hydrogens is 284 g/mol. The standard InChI is InChI=1S/C17H15ClN2O/c1-11(19)12-7-8-17(14(18)10-12)21-16-6-2-5-15-13(16)4-3-9-20-15/h2-11H,19H2,1H3/t11-/m1/s1. The highest BCUT2D eigenvalue weighted by molar-refractivity contribution is 6.32. The van der Waals surface area contributed by atoms with Gasteiger partial charge in [0.15, 0.2) is 0 Å². The summed E-state index contributed by atoms with van der Waals surface area (Å²) in [5.41, 5.74) is 7.72. The third kappa shape index (κ3) is 2.84. The smallest absolute Gasteiger partial charge is 0.146 e. The van der Waals surface area contributed by atoms with E-state index in [0.717, 1.165) is 22.2 Å². The van der Waals surface area contributed by atoms with Gasteiger partial charge in [0.25, 0.3) is 0 Å². The van der Waals surface area contributed by atoms with Gasteiger partial charge in [-0.05, 0) is 48.9 Å². The van der Waals surface area contributed by atoms with Crippen LogP contribution in [0.2, 0.25) is 5.02 Å². The van der Waals surface area contributed by atoms with Crippen molar-refractivity contribution in [2.45, 2.75) is 13.0 Å². The van der Waals surface area contributed by atoms with Crippen LogP contribution in [-0.2, 0) is 0 Å². The average molecular weight is 299 g/mol. The van der Waals surface area contributed by atoms with Crippen LogP contribution in [0.5, 0.6) is 11.5 Å². The number of nitrogens with two attached hydrogens (primary N) is 1. The van der Waals surface area contributed by atoms with E-state index in [1.54, 1.807) is 6.20 Å². The molecule has 0 saturated heterocycles. The molecule has 1 aromatic heterocycles. The van der Waals surface area contributed by atoms with Crippen molar-refractivity contribution in [1.29, 1.82) is 0 Å². The second kappa shape index (κ2) is 5.72. The van der Waals surface area contributed by atoms with Crippen molar-refractivity contribution in [3.8, 4) is 11.5 Å². The van der Waals surface area contributed by atoms with E-state index in [4.69, 9.17) is 22.1 Å². The Bertz CT molecular complexity index is 781. The van der Waals surface area contributed by atoms with Crippen LogP contribution in [0.4, 0.5) is 0 Å². The molecule has 3 rings (SSSR count). The summed E-state index contributed by atoms with van der Waals surface area (Å²) in [4.78, 5) is 4.31. The molecule has 106 valence electrons. The minimum atomic E-state index is -0.0571. The normalized spacial score (nSPS) is 12.3. The highest BCUT2D eigenvalue weighted by Crippen LogP contribution is 2.34. The summed E-state index contributed by atoms with van der Waals surface area (Å²) in [7, 11) is 0. The van der Waals surface area contributed by atoms with E-state index >= 15 is 0 Å². The molecule has 1 atom stereocenters. The van der Waals surface area contributed by atoms with E-state index in [-0.39, 0.29) is 6.04 Å². The van der Waals surface area contributed by atoms with Crippen molar-refractivity contribution in [1.82, 2.24) is 4.98 Å². The highest BCUT2D eigenvalue weighted by atomic mass is 35.5. The Kier molecular flexibility index (Phi) is 3.78. The quantitative estimate of drug-likeness (QED) is 0.762. The Balaban J connectivity index is 1.99. The summed E-state index contributed by atoms with van der Waals surface area (Å²) in [6.07, 6.45) is 1.76. The van der Waals surface area contributed by atoms with Gasteiger partial charge in [-0.3, -0.25) is 4.98 Å². The number of halogens is 1. The molecule has 0 spiro atoms. The van der Waals surface area contributed by atoms with Crippen molar-refractivity contribution >= 4 is 22.5 Å². The van der Waals surface area contributed by atoms with Crippen LogP contribution in [0, 0.1) is 0 Å². The summed E-state index contributed by atoms with van der Waals surface area (Å²) in [6.45, 7) is 1.92. The van der Waals surface area contributed by atoms with Crippen LogP contribution >= 0.6 is 11.6 Å². The number of nitrogens with zero attached hydrogens (tertiary/aromatic N) is 1. The van der Waals surface area contributed by atoms with Crippen LogP contribution in [0.15, 0.2) is 54.7 Å². The third-order valence-corrected chi connectivity index (χ3v) is 3.60. The molecule has 3 nitrogen and oxygen atoms in total. The fourth-order valence-corrected chi connectivity index (χ4v) is 2.39. The van der Waals surface area contributed by atoms with Gasteiger partial charge in [0, 0.05) is 17.6 Å². The largest absolute Gasteiger partial charge is 0.455 e. The Morgan fingerprint density at radius 2 is 1.95 bits per heavy atom. The van der Waals surface area contributed by atoms with Crippen molar-refractivity contribution in [3.63, 3.8) is 0 Å². The summed E-state index contributed by atoms with van der Waals surface area (Å²) in [5.74, 6) is 1.34. The molecule has 21 heavy (non-hydrogen) atoms. The predicted molar refractivity (Wildman–Crippen MR) is 85.9 cm³/mol. The molecule has 2 aromatic carbocycles. The first kappa shape index (κ1) is 13.9. The van der Waals surface area contributed by atoms with Crippen LogP contribution < -0.4 is 10.5 Å². The van der Waals surface area contributed by atoms with E-state index in [0.29, 0.717) is 10.8 Å². The van der Waals surface area contributed by atoms with Gasteiger partial charge < -0.3 is 10.5 Å². The van der Waals surface area contributed by atoms with Crippen molar-refractivity contribution in [2.24, 2.45) is 5.73 Å². The molecule has 0 aliphatic carbocycles. The summed E-state index contributed by atoms with van der Waals surface area (Å²) >= 11 is 6.28. The maximum atomic E-state index is 6.28. The summed E-state index contributed by atoms with van der Waals surface area (Å²) < 4.78 is 5.94. The van der Waals surface area contributed by atoms with E-state index < -0.39 is 0 Å². The van der Waals surface area contributed by atoms with Gasteiger partial charge in [-0.2, -0.15) is 0 Å². The molecule has 0 saturated carbocycles. The first-order valence-electron chi connectivity index (χ1n) is 6.72. The van der Waals surface area contributed by atoms with Crippen molar-refractivity contribution < 1.29 is 4.74 Å². The van der Waals surface area contributed by atoms with Gasteiger partial charge in [-0.25, -0.2) is 0 Å². The topological polar surface area (TPSA) is 48.1 Å². The molecule has 0 unspecified atom stereocenters. The van der Waals surface area contributed by atoms with Gasteiger partial charge >= 0.3 is 0 Å². The Morgan fingerprint density at radius 1 is 1.10 bits per heavy atom. The number of hydrogen-bond acceptors (Lipinski definition) is 3. The SMILES string of the molecule is C[C@@H](N)c1ccc(Oc2cccc3ncccc23)c(Cl)c1. The molecule has 1 heterocycles. The fourth-order valence-electron chi connectivity index (χ4n) is 2.17. The van der Waals surface area contributed by atoms with Crippen LogP contribution in [0.25, 0.3) is 10.9 Å². The first-order valence-corrected chi connectivity index (χ1v) is 7.09. The lowest BCUT2D eigenvalue weighted by Crippen LogP contribution is -2.04. The Hall–Kier alpha value is -2.10. The van der Waals surface area contributed by atoms with Crippen molar-refractivity contribution in [3.05, 3.63) is 65.3 Å². The predicted octanol–water partition coefficient (Wildman–Crippen LogP) is 4.70.